The van der Waals surface area contributed by atoms with Crippen molar-refractivity contribution in [1.29, 1.82) is 0 Å². The molecule has 6 nitrogen and oxygen atoms in total. The molecule has 0 aliphatic rings. The van der Waals surface area contributed by atoms with Crippen molar-refractivity contribution in [3.8, 4) is 0 Å². The second kappa shape index (κ2) is 55.2. The minimum Gasteiger partial charge on any atom is -0.462 e. The summed E-state index contributed by atoms with van der Waals surface area (Å²) in [5.41, 5.74) is 0. The fourth-order valence-electron chi connectivity index (χ4n) is 9.88. The molecule has 0 heterocycles. The second-order valence-electron chi connectivity index (χ2n) is 23.5. The molecule has 0 spiro atoms. The zero-order valence-electron chi connectivity index (χ0n) is 48.3. The SMILES string of the molecule is CC(C)CCCCCCCCCCCCCCCCCCCCC(=O)O[C@@H](COC(=O)CCCCCCCCCCCCCCCCCC(C)C)COC(=O)CCCCCCCCCCCCC(C)C. The quantitative estimate of drug-likeness (QED) is 0.0343. The molecule has 0 radical (unpaired) electrons. The smallest absolute Gasteiger partial charge is 0.306 e. The van der Waals surface area contributed by atoms with Gasteiger partial charge in [-0.15, -0.1) is 0 Å². The topological polar surface area (TPSA) is 78.9 Å². The minimum absolute atomic E-state index is 0.0628. The van der Waals surface area contributed by atoms with Crippen molar-refractivity contribution in [1.82, 2.24) is 0 Å². The van der Waals surface area contributed by atoms with Crippen LogP contribution in [0.3, 0.4) is 0 Å². The molecule has 0 N–H and O–H groups in total. The van der Waals surface area contributed by atoms with E-state index in [0.29, 0.717) is 19.3 Å². The van der Waals surface area contributed by atoms with Crippen LogP contribution in [0.2, 0.25) is 0 Å². The first kappa shape index (κ1) is 68.4. The molecule has 416 valence electrons. The lowest BCUT2D eigenvalue weighted by Gasteiger charge is -2.18. The lowest BCUT2D eigenvalue weighted by Crippen LogP contribution is -2.30. The maximum Gasteiger partial charge on any atom is 0.306 e. The van der Waals surface area contributed by atoms with E-state index in [1.54, 1.807) is 0 Å². The van der Waals surface area contributed by atoms with Crippen molar-refractivity contribution >= 4 is 17.9 Å². The van der Waals surface area contributed by atoms with Crippen molar-refractivity contribution in [2.24, 2.45) is 17.8 Å². The van der Waals surface area contributed by atoms with Crippen molar-refractivity contribution in [3.63, 3.8) is 0 Å². The van der Waals surface area contributed by atoms with Gasteiger partial charge in [-0.3, -0.25) is 14.4 Å². The first-order chi connectivity index (χ1) is 34.1. The van der Waals surface area contributed by atoms with Gasteiger partial charge in [0, 0.05) is 19.3 Å². The van der Waals surface area contributed by atoms with Gasteiger partial charge in [-0.25, -0.2) is 0 Å². The molecule has 0 fully saturated rings. The van der Waals surface area contributed by atoms with Gasteiger partial charge in [-0.2, -0.15) is 0 Å². The minimum atomic E-state index is -0.764. The highest BCUT2D eigenvalue weighted by Crippen LogP contribution is 2.19. The van der Waals surface area contributed by atoms with Crippen LogP contribution >= 0.6 is 0 Å². The number of rotatable bonds is 57. The summed E-state index contributed by atoms with van der Waals surface area (Å²) in [7, 11) is 0. The number of hydrogen-bond donors (Lipinski definition) is 0. The van der Waals surface area contributed by atoms with Crippen LogP contribution in [0.25, 0.3) is 0 Å². The normalized spacial score (nSPS) is 12.1. The number of esters is 3. The highest BCUT2D eigenvalue weighted by molar-refractivity contribution is 5.71. The number of carbonyl (C=O) groups is 3. The van der Waals surface area contributed by atoms with Gasteiger partial charge >= 0.3 is 17.9 Å². The number of hydrogen-bond acceptors (Lipinski definition) is 6. The Morgan fingerprint density at radius 3 is 0.614 bits per heavy atom. The van der Waals surface area contributed by atoms with E-state index in [9.17, 15) is 14.4 Å². The van der Waals surface area contributed by atoms with E-state index in [4.69, 9.17) is 14.2 Å². The van der Waals surface area contributed by atoms with E-state index < -0.39 is 6.10 Å². The Morgan fingerprint density at radius 2 is 0.414 bits per heavy atom. The van der Waals surface area contributed by atoms with Gasteiger partial charge in [0.25, 0.3) is 0 Å². The van der Waals surface area contributed by atoms with Gasteiger partial charge in [0.1, 0.15) is 13.2 Å². The van der Waals surface area contributed by atoms with Gasteiger partial charge < -0.3 is 14.2 Å². The lowest BCUT2D eigenvalue weighted by molar-refractivity contribution is -0.167. The van der Waals surface area contributed by atoms with E-state index in [2.05, 4.69) is 41.5 Å². The van der Waals surface area contributed by atoms with Gasteiger partial charge in [0.2, 0.25) is 0 Å². The van der Waals surface area contributed by atoms with E-state index in [-0.39, 0.29) is 31.1 Å². The number of ether oxygens (including phenoxy) is 3. The third kappa shape index (κ3) is 57.3. The summed E-state index contributed by atoms with van der Waals surface area (Å²) in [6.45, 7) is 13.8. The van der Waals surface area contributed by atoms with Crippen LogP contribution in [0.5, 0.6) is 0 Å². The van der Waals surface area contributed by atoms with Gasteiger partial charge in [0.05, 0.1) is 0 Å². The Bertz CT molecular complexity index is 1090. The predicted octanol–water partition coefficient (Wildman–Crippen LogP) is 21.1. The van der Waals surface area contributed by atoms with E-state index in [0.717, 1.165) is 75.5 Å². The summed E-state index contributed by atoms with van der Waals surface area (Å²) in [5, 5.41) is 0. The maximum absolute atomic E-state index is 12.9. The van der Waals surface area contributed by atoms with Crippen LogP contribution in [0.15, 0.2) is 0 Å². The van der Waals surface area contributed by atoms with Crippen LogP contribution in [0, 0.1) is 17.8 Å². The van der Waals surface area contributed by atoms with Crippen LogP contribution in [0.1, 0.15) is 356 Å². The molecule has 0 aliphatic carbocycles. The summed E-state index contributed by atoms with van der Waals surface area (Å²) in [6.07, 6.45) is 59.6. The summed E-state index contributed by atoms with van der Waals surface area (Å²) in [4.78, 5) is 38.3. The standard InChI is InChI=1S/C64H124O6/c1-58(2)50-44-38-32-26-20-16-12-9-7-8-10-14-19-23-31-37-43-49-55-64(67)70-61(57-69-63(66)54-48-42-36-30-25-24-28-34-40-46-52-60(5)6)56-68-62(65)53-47-41-35-29-22-18-15-11-13-17-21-27-33-39-45-51-59(3)4/h58-61H,7-57H2,1-6H3/t61-/m0/s1. The third-order valence-corrected chi connectivity index (χ3v) is 14.6. The zero-order chi connectivity index (χ0) is 51.2. The first-order valence-electron chi connectivity index (χ1n) is 31.6. The van der Waals surface area contributed by atoms with E-state index >= 15 is 0 Å². The van der Waals surface area contributed by atoms with Crippen LogP contribution in [-0.2, 0) is 28.6 Å². The fraction of sp³-hybridized carbons (Fsp3) is 0.953. The molecule has 0 unspecified atom stereocenters. The summed E-state index contributed by atoms with van der Waals surface area (Å²) in [6, 6.07) is 0. The molecule has 0 amide bonds. The molecule has 70 heavy (non-hydrogen) atoms. The zero-order valence-corrected chi connectivity index (χ0v) is 48.3. The summed E-state index contributed by atoms with van der Waals surface area (Å²) in [5.74, 6) is 1.69. The molecule has 0 rings (SSSR count). The maximum atomic E-state index is 12.9. The molecule has 0 aromatic heterocycles. The molecule has 0 bridgehead atoms. The highest BCUT2D eigenvalue weighted by Gasteiger charge is 2.19. The Labute approximate surface area is 438 Å². The molecular formula is C64H124O6. The Hall–Kier alpha value is -1.59. The summed E-state index contributed by atoms with van der Waals surface area (Å²) < 4.78 is 16.9. The lowest BCUT2D eigenvalue weighted by atomic mass is 10.0. The monoisotopic (exact) mass is 989 g/mol. The van der Waals surface area contributed by atoms with E-state index in [1.807, 2.05) is 0 Å². The molecule has 0 aliphatic heterocycles. The van der Waals surface area contributed by atoms with Crippen molar-refractivity contribution in [3.05, 3.63) is 0 Å². The Morgan fingerprint density at radius 1 is 0.243 bits per heavy atom. The van der Waals surface area contributed by atoms with Crippen molar-refractivity contribution in [2.45, 2.75) is 362 Å². The van der Waals surface area contributed by atoms with Crippen LogP contribution in [-0.4, -0.2) is 37.2 Å². The van der Waals surface area contributed by atoms with Crippen LogP contribution in [0.4, 0.5) is 0 Å². The third-order valence-electron chi connectivity index (χ3n) is 14.6. The highest BCUT2D eigenvalue weighted by atomic mass is 16.6. The largest absolute Gasteiger partial charge is 0.462 e. The van der Waals surface area contributed by atoms with Gasteiger partial charge in [0.15, 0.2) is 6.10 Å². The molecule has 0 saturated carbocycles. The molecule has 6 heteroatoms. The van der Waals surface area contributed by atoms with E-state index in [1.165, 1.54) is 238 Å². The van der Waals surface area contributed by atoms with Gasteiger partial charge in [-0.1, -0.05) is 318 Å². The average Bonchev–Trinajstić information content (AvgIpc) is 3.32. The van der Waals surface area contributed by atoms with Crippen molar-refractivity contribution < 1.29 is 28.6 Å². The predicted molar refractivity (Wildman–Crippen MR) is 303 cm³/mol. The molecule has 0 aromatic carbocycles. The average molecular weight is 990 g/mol. The number of unbranched alkanes of at least 4 members (excludes halogenated alkanes) is 40. The van der Waals surface area contributed by atoms with Crippen LogP contribution < -0.4 is 0 Å². The molecule has 0 aromatic rings. The fourth-order valence-corrected chi connectivity index (χ4v) is 9.88. The van der Waals surface area contributed by atoms with Gasteiger partial charge in [-0.05, 0) is 37.0 Å². The number of carbonyl (C=O) groups excluding carboxylic acids is 3. The second-order valence-corrected chi connectivity index (χ2v) is 23.5. The summed E-state index contributed by atoms with van der Waals surface area (Å²) >= 11 is 0. The molecule has 0 saturated heterocycles. The Balaban J connectivity index is 4.26. The first-order valence-corrected chi connectivity index (χ1v) is 31.6. The molecular weight excluding hydrogens is 865 g/mol. The van der Waals surface area contributed by atoms with Crippen molar-refractivity contribution in [2.75, 3.05) is 13.2 Å². The molecule has 1 atom stereocenters. The Kier molecular flexibility index (Phi) is 53.9.